The van der Waals surface area contributed by atoms with Crippen molar-refractivity contribution in [1.82, 2.24) is 4.90 Å². The van der Waals surface area contributed by atoms with Crippen LogP contribution < -0.4 is 5.73 Å². The fraction of sp³-hybridized carbons (Fsp3) is 0.133. The number of nitrogen functional groups attached to an aromatic ring is 1. The summed E-state index contributed by atoms with van der Waals surface area (Å²) in [5.41, 5.74) is 7.64. The summed E-state index contributed by atoms with van der Waals surface area (Å²) in [4.78, 5) is 13.8. The van der Waals surface area contributed by atoms with Crippen molar-refractivity contribution in [1.29, 1.82) is 0 Å². The van der Waals surface area contributed by atoms with Crippen molar-refractivity contribution in [2.75, 3.05) is 12.8 Å². The molecule has 5 heteroatoms. The van der Waals surface area contributed by atoms with Gasteiger partial charge in [0, 0.05) is 23.8 Å². The van der Waals surface area contributed by atoms with Crippen molar-refractivity contribution in [2.45, 2.75) is 6.54 Å². The lowest BCUT2D eigenvalue weighted by atomic mass is 10.1. The minimum Gasteiger partial charge on any atom is -0.398 e. The van der Waals surface area contributed by atoms with E-state index >= 15 is 0 Å². The van der Waals surface area contributed by atoms with Gasteiger partial charge in [0.15, 0.2) is 0 Å². The van der Waals surface area contributed by atoms with Crippen LogP contribution in [0.3, 0.4) is 0 Å². The standard InChI is InChI=1S/C15H14BrFN2O/c1-19(9-10-4-2-3-5-14(10)18)15(20)12-8-11(17)6-7-13(12)16/h2-8H,9,18H2,1H3. The molecule has 2 rings (SSSR count). The number of nitrogens with two attached hydrogens (primary N) is 1. The zero-order chi connectivity index (χ0) is 14.7. The molecule has 0 fully saturated rings. The highest BCUT2D eigenvalue weighted by atomic mass is 79.9. The number of nitrogens with zero attached hydrogens (tertiary/aromatic N) is 1. The van der Waals surface area contributed by atoms with Crippen LogP contribution in [0.1, 0.15) is 15.9 Å². The minimum absolute atomic E-state index is 0.264. The quantitative estimate of drug-likeness (QED) is 0.872. The van der Waals surface area contributed by atoms with E-state index in [-0.39, 0.29) is 5.91 Å². The van der Waals surface area contributed by atoms with Gasteiger partial charge in [-0.15, -0.1) is 0 Å². The summed E-state index contributed by atoms with van der Waals surface area (Å²) in [5, 5.41) is 0. The number of halogens is 2. The van der Waals surface area contributed by atoms with Gasteiger partial charge in [0.05, 0.1) is 5.56 Å². The molecule has 2 aromatic carbocycles. The number of amides is 1. The first kappa shape index (κ1) is 14.5. The zero-order valence-corrected chi connectivity index (χ0v) is 12.5. The molecule has 0 bridgehead atoms. The predicted molar refractivity (Wildman–Crippen MR) is 80.8 cm³/mol. The van der Waals surface area contributed by atoms with Crippen molar-refractivity contribution in [3.05, 3.63) is 63.9 Å². The van der Waals surface area contributed by atoms with Crippen molar-refractivity contribution in [2.24, 2.45) is 0 Å². The molecule has 0 saturated heterocycles. The fourth-order valence-corrected chi connectivity index (χ4v) is 2.29. The first-order chi connectivity index (χ1) is 9.49. The van der Waals surface area contributed by atoms with E-state index in [1.54, 1.807) is 13.1 Å². The van der Waals surface area contributed by atoms with Gasteiger partial charge in [-0.2, -0.15) is 0 Å². The third-order valence-corrected chi connectivity index (χ3v) is 3.66. The summed E-state index contributed by atoms with van der Waals surface area (Å²) in [6, 6.07) is 11.4. The Bertz CT molecular complexity index is 646. The Morgan fingerprint density at radius 3 is 2.70 bits per heavy atom. The van der Waals surface area contributed by atoms with Crippen molar-refractivity contribution >= 4 is 27.5 Å². The Balaban J connectivity index is 2.21. The van der Waals surface area contributed by atoms with E-state index in [0.29, 0.717) is 22.3 Å². The van der Waals surface area contributed by atoms with Gasteiger partial charge >= 0.3 is 0 Å². The van der Waals surface area contributed by atoms with E-state index in [0.717, 1.165) is 5.56 Å². The van der Waals surface area contributed by atoms with Gasteiger partial charge in [0.1, 0.15) is 5.82 Å². The smallest absolute Gasteiger partial charge is 0.255 e. The van der Waals surface area contributed by atoms with Gasteiger partial charge in [0.2, 0.25) is 0 Å². The lowest BCUT2D eigenvalue weighted by molar-refractivity contribution is 0.0784. The molecular formula is C15H14BrFN2O. The predicted octanol–water partition coefficient (Wildman–Crippen LogP) is 3.44. The number of anilines is 1. The number of para-hydroxylation sites is 1. The van der Waals surface area contributed by atoms with Gasteiger partial charge < -0.3 is 10.6 Å². The van der Waals surface area contributed by atoms with Crippen LogP contribution in [-0.2, 0) is 6.54 Å². The van der Waals surface area contributed by atoms with Gasteiger partial charge in [0.25, 0.3) is 5.91 Å². The average Bonchev–Trinajstić information content (AvgIpc) is 2.43. The lowest BCUT2D eigenvalue weighted by Gasteiger charge is -2.19. The van der Waals surface area contributed by atoms with Gasteiger partial charge in [-0.1, -0.05) is 18.2 Å². The van der Waals surface area contributed by atoms with Crippen LogP contribution in [0.4, 0.5) is 10.1 Å². The Morgan fingerprint density at radius 2 is 2.00 bits per heavy atom. The fourth-order valence-electron chi connectivity index (χ4n) is 1.87. The SMILES string of the molecule is CN(Cc1ccccc1N)C(=O)c1cc(F)ccc1Br. The molecule has 104 valence electrons. The molecule has 20 heavy (non-hydrogen) atoms. The van der Waals surface area contributed by atoms with Crippen molar-refractivity contribution < 1.29 is 9.18 Å². The maximum Gasteiger partial charge on any atom is 0.255 e. The number of rotatable bonds is 3. The molecule has 3 nitrogen and oxygen atoms in total. The monoisotopic (exact) mass is 336 g/mol. The maximum absolute atomic E-state index is 13.3. The molecule has 1 amide bonds. The van der Waals surface area contributed by atoms with Crippen LogP contribution in [-0.4, -0.2) is 17.9 Å². The number of benzene rings is 2. The van der Waals surface area contributed by atoms with E-state index < -0.39 is 5.82 Å². The third kappa shape index (κ3) is 3.17. The Labute approximate surface area is 125 Å². The summed E-state index contributed by atoms with van der Waals surface area (Å²) >= 11 is 3.26. The molecule has 0 saturated carbocycles. The van der Waals surface area contributed by atoms with E-state index in [1.165, 1.54) is 23.1 Å². The van der Waals surface area contributed by atoms with E-state index in [9.17, 15) is 9.18 Å². The van der Waals surface area contributed by atoms with Crippen molar-refractivity contribution in [3.8, 4) is 0 Å². The molecular weight excluding hydrogens is 323 g/mol. The Kier molecular flexibility index (Phi) is 4.39. The van der Waals surface area contributed by atoms with E-state index in [4.69, 9.17) is 5.73 Å². The first-order valence-electron chi connectivity index (χ1n) is 6.03. The molecule has 0 aliphatic carbocycles. The normalized spacial score (nSPS) is 10.3. The molecule has 0 aliphatic rings. The van der Waals surface area contributed by atoms with Crippen LogP contribution in [0, 0.1) is 5.82 Å². The van der Waals surface area contributed by atoms with Crippen LogP contribution >= 0.6 is 15.9 Å². The van der Waals surface area contributed by atoms with Crippen LogP contribution in [0.15, 0.2) is 46.9 Å². The summed E-state index contributed by atoms with van der Waals surface area (Å²) in [6.07, 6.45) is 0. The highest BCUT2D eigenvalue weighted by Crippen LogP contribution is 2.21. The second kappa shape index (κ2) is 6.05. The summed E-state index contributed by atoms with van der Waals surface area (Å²) in [7, 11) is 1.66. The summed E-state index contributed by atoms with van der Waals surface area (Å²) in [5.74, 6) is -0.705. The van der Waals surface area contributed by atoms with Crippen molar-refractivity contribution in [3.63, 3.8) is 0 Å². The molecule has 0 aromatic heterocycles. The van der Waals surface area contributed by atoms with Gasteiger partial charge in [-0.25, -0.2) is 4.39 Å². The third-order valence-electron chi connectivity index (χ3n) is 2.97. The van der Waals surface area contributed by atoms with Gasteiger partial charge in [-0.3, -0.25) is 4.79 Å². The molecule has 2 N–H and O–H groups in total. The number of carbonyl (C=O) groups is 1. The largest absolute Gasteiger partial charge is 0.398 e. The molecule has 0 spiro atoms. The molecule has 0 atom stereocenters. The lowest BCUT2D eigenvalue weighted by Crippen LogP contribution is -2.27. The highest BCUT2D eigenvalue weighted by Gasteiger charge is 2.16. The Hall–Kier alpha value is -1.88. The van der Waals surface area contributed by atoms with E-state index in [2.05, 4.69) is 15.9 Å². The molecule has 0 unspecified atom stereocenters. The molecule has 0 heterocycles. The second-order valence-electron chi connectivity index (χ2n) is 4.48. The molecule has 0 aliphatic heterocycles. The van der Waals surface area contributed by atoms with Crippen LogP contribution in [0.25, 0.3) is 0 Å². The maximum atomic E-state index is 13.3. The van der Waals surface area contributed by atoms with Crippen LogP contribution in [0.2, 0.25) is 0 Å². The van der Waals surface area contributed by atoms with Gasteiger partial charge in [-0.05, 0) is 45.8 Å². The molecule has 0 radical (unpaired) electrons. The van der Waals surface area contributed by atoms with E-state index in [1.807, 2.05) is 18.2 Å². The topological polar surface area (TPSA) is 46.3 Å². The number of hydrogen-bond donors (Lipinski definition) is 1. The van der Waals surface area contributed by atoms with Crippen LogP contribution in [0.5, 0.6) is 0 Å². The number of hydrogen-bond acceptors (Lipinski definition) is 2. The second-order valence-corrected chi connectivity index (χ2v) is 5.34. The summed E-state index contributed by atoms with van der Waals surface area (Å²) in [6.45, 7) is 0.370. The number of carbonyl (C=O) groups excluding carboxylic acids is 1. The average molecular weight is 337 g/mol. The highest BCUT2D eigenvalue weighted by molar-refractivity contribution is 9.10. The first-order valence-corrected chi connectivity index (χ1v) is 6.82. The zero-order valence-electron chi connectivity index (χ0n) is 10.9. The minimum atomic E-state index is -0.441. The Morgan fingerprint density at radius 1 is 1.30 bits per heavy atom. The summed E-state index contributed by atoms with van der Waals surface area (Å²) < 4.78 is 13.8. The molecule has 2 aromatic rings.